The van der Waals surface area contributed by atoms with E-state index in [9.17, 15) is 18.0 Å². The number of alkyl halides is 3. The molecule has 0 unspecified atom stereocenters. The lowest BCUT2D eigenvalue weighted by molar-refractivity contribution is -0.275. The molecule has 1 aromatic rings. The van der Waals surface area contributed by atoms with Crippen molar-refractivity contribution < 1.29 is 17.9 Å². The molecule has 0 aliphatic heterocycles. The Morgan fingerprint density at radius 3 is 2.65 bits per heavy atom. The molecule has 0 saturated carbocycles. The normalized spacial score (nSPS) is 11.0. The van der Waals surface area contributed by atoms with Gasteiger partial charge in [-0.3, -0.25) is 4.79 Å². The highest BCUT2D eigenvalue weighted by Crippen LogP contribution is 2.22. The highest BCUT2D eigenvalue weighted by molar-refractivity contribution is 5.30. The number of nitriles is 1. The number of ether oxygens (including phenoxy) is 1. The molecule has 0 aromatic carbocycles. The van der Waals surface area contributed by atoms with E-state index in [0.717, 1.165) is 6.07 Å². The molecule has 5 nitrogen and oxygen atoms in total. The predicted octanol–water partition coefficient (Wildman–Crippen LogP) is 0.798. The van der Waals surface area contributed by atoms with Crippen LogP contribution in [0.15, 0.2) is 10.9 Å². The molecule has 0 radical (unpaired) electrons. The van der Waals surface area contributed by atoms with Crippen LogP contribution in [0.3, 0.4) is 0 Å². The number of hydrogen-bond acceptors (Lipinski definition) is 4. The number of hydrogen-bond donors (Lipinski definition) is 2. The number of nitrogens with zero attached hydrogens (tertiary/aromatic N) is 1. The number of nitrogens with two attached hydrogens (primary N) is 1. The fourth-order valence-electron chi connectivity index (χ4n) is 1.21. The van der Waals surface area contributed by atoms with Gasteiger partial charge in [0.25, 0.3) is 0 Å². The van der Waals surface area contributed by atoms with E-state index in [1.807, 2.05) is 0 Å². The molecule has 0 atom stereocenters. The summed E-state index contributed by atoms with van der Waals surface area (Å²) in [5.74, 6) is -0.887. The fraction of sp³-hybridized carbons (Fsp3) is 0.333. The van der Waals surface area contributed by atoms with Crippen molar-refractivity contribution >= 4 is 0 Å². The second kappa shape index (κ2) is 4.88. The maximum Gasteiger partial charge on any atom is 0.573 e. The van der Waals surface area contributed by atoms with Crippen molar-refractivity contribution in [3.63, 3.8) is 0 Å². The molecule has 1 heterocycles. The monoisotopic (exact) mass is 247 g/mol. The van der Waals surface area contributed by atoms with E-state index in [4.69, 9.17) is 11.0 Å². The Bertz CT molecular complexity index is 502. The van der Waals surface area contributed by atoms with E-state index in [0.29, 0.717) is 0 Å². The van der Waals surface area contributed by atoms with E-state index in [1.165, 1.54) is 0 Å². The van der Waals surface area contributed by atoms with Crippen molar-refractivity contribution in [3.8, 4) is 11.8 Å². The third-order valence-electron chi connectivity index (χ3n) is 1.81. The van der Waals surface area contributed by atoms with E-state index in [1.54, 1.807) is 6.07 Å². The van der Waals surface area contributed by atoms with E-state index >= 15 is 0 Å². The van der Waals surface area contributed by atoms with Crippen LogP contribution in [0.1, 0.15) is 11.4 Å². The molecule has 0 amide bonds. The van der Waals surface area contributed by atoms with Crippen LogP contribution in [0.25, 0.3) is 0 Å². The molecule has 0 bridgehead atoms. The molecule has 1 rings (SSSR count). The minimum Gasteiger partial charge on any atom is -0.400 e. The number of aromatic nitrogens is 1. The standard InChI is InChI=1S/C9H8F3N3O2/c10-9(11,12)17-8-6(4-14)15-5(1-2-13)3-7(8)16/h3H,1,4,14H2,(H,15,16). The van der Waals surface area contributed by atoms with Gasteiger partial charge in [0.15, 0.2) is 5.75 Å². The third-order valence-corrected chi connectivity index (χ3v) is 1.81. The minimum absolute atomic E-state index is 0.130. The van der Waals surface area contributed by atoms with Crippen LogP contribution in [0.5, 0.6) is 5.75 Å². The Morgan fingerprint density at radius 2 is 2.18 bits per heavy atom. The molecule has 17 heavy (non-hydrogen) atoms. The van der Waals surface area contributed by atoms with E-state index < -0.39 is 17.5 Å². The lowest BCUT2D eigenvalue weighted by atomic mass is 10.2. The summed E-state index contributed by atoms with van der Waals surface area (Å²) in [6.07, 6.45) is -5.10. The lowest BCUT2D eigenvalue weighted by Crippen LogP contribution is -2.24. The molecule has 0 saturated heterocycles. The van der Waals surface area contributed by atoms with Crippen LogP contribution in [0, 0.1) is 11.3 Å². The average molecular weight is 247 g/mol. The zero-order valence-corrected chi connectivity index (χ0v) is 8.47. The van der Waals surface area contributed by atoms with Gasteiger partial charge in [-0.05, 0) is 0 Å². The van der Waals surface area contributed by atoms with Crippen molar-refractivity contribution in [2.45, 2.75) is 19.3 Å². The molecule has 0 spiro atoms. The molecule has 8 heteroatoms. The van der Waals surface area contributed by atoms with Crippen molar-refractivity contribution in [1.82, 2.24) is 4.98 Å². The number of aromatic amines is 1. The number of halogens is 3. The molecule has 92 valence electrons. The Morgan fingerprint density at radius 1 is 1.53 bits per heavy atom. The van der Waals surface area contributed by atoms with Gasteiger partial charge in [0.1, 0.15) is 0 Å². The molecular formula is C9H8F3N3O2. The topological polar surface area (TPSA) is 91.9 Å². The van der Waals surface area contributed by atoms with E-state index in [-0.39, 0.29) is 24.4 Å². The SMILES string of the molecule is N#CCc1cc(=O)c(OC(F)(F)F)c(CN)[nH]1. The summed E-state index contributed by atoms with van der Waals surface area (Å²) in [7, 11) is 0. The highest BCUT2D eigenvalue weighted by atomic mass is 19.4. The average Bonchev–Trinajstić information content (AvgIpc) is 2.20. The minimum atomic E-state index is -4.96. The molecule has 3 N–H and O–H groups in total. The van der Waals surface area contributed by atoms with Crippen LogP contribution >= 0.6 is 0 Å². The van der Waals surface area contributed by atoms with E-state index in [2.05, 4.69) is 9.72 Å². The van der Waals surface area contributed by atoms with Gasteiger partial charge in [-0.15, -0.1) is 13.2 Å². The first-order valence-corrected chi connectivity index (χ1v) is 4.45. The van der Waals surface area contributed by atoms with Gasteiger partial charge in [-0.2, -0.15) is 5.26 Å². The summed E-state index contributed by atoms with van der Waals surface area (Å²) in [4.78, 5) is 13.8. The summed E-state index contributed by atoms with van der Waals surface area (Å²) < 4.78 is 39.6. The Kier molecular flexibility index (Phi) is 3.75. The number of pyridine rings is 1. The molecule has 0 aliphatic carbocycles. The quantitative estimate of drug-likeness (QED) is 0.826. The summed E-state index contributed by atoms with van der Waals surface area (Å²) in [5, 5.41) is 8.42. The lowest BCUT2D eigenvalue weighted by Gasteiger charge is -2.12. The maximum atomic E-state index is 12.0. The van der Waals surface area contributed by atoms with Crippen molar-refractivity contribution in [1.29, 1.82) is 5.26 Å². The van der Waals surface area contributed by atoms with Gasteiger partial charge in [0.05, 0.1) is 18.2 Å². The second-order valence-corrected chi connectivity index (χ2v) is 3.05. The van der Waals surface area contributed by atoms with Crippen LogP contribution in [0.4, 0.5) is 13.2 Å². The Labute approximate surface area is 93.6 Å². The predicted molar refractivity (Wildman–Crippen MR) is 51.0 cm³/mol. The highest BCUT2D eigenvalue weighted by Gasteiger charge is 2.33. The van der Waals surface area contributed by atoms with Crippen molar-refractivity contribution in [2.24, 2.45) is 5.73 Å². The van der Waals surface area contributed by atoms with Gasteiger partial charge < -0.3 is 15.5 Å². The van der Waals surface area contributed by atoms with Gasteiger partial charge in [-0.1, -0.05) is 0 Å². The summed E-state index contributed by atoms with van der Waals surface area (Å²) in [6, 6.07) is 2.63. The molecule has 1 aromatic heterocycles. The first-order chi connectivity index (χ1) is 7.87. The molecular weight excluding hydrogens is 239 g/mol. The first-order valence-electron chi connectivity index (χ1n) is 4.45. The van der Waals surface area contributed by atoms with Gasteiger partial charge in [0, 0.05) is 18.3 Å². The summed E-state index contributed by atoms with van der Waals surface area (Å²) in [6.45, 7) is -0.333. The fourth-order valence-corrected chi connectivity index (χ4v) is 1.21. The number of nitrogens with one attached hydrogen (secondary N) is 1. The maximum absolute atomic E-state index is 12.0. The van der Waals surface area contributed by atoms with Crippen LogP contribution in [-0.4, -0.2) is 11.3 Å². The Hall–Kier alpha value is -2.01. The number of rotatable bonds is 3. The van der Waals surface area contributed by atoms with Gasteiger partial charge in [-0.25, -0.2) is 0 Å². The number of H-pyrrole nitrogens is 1. The molecule has 0 fully saturated rings. The van der Waals surface area contributed by atoms with Crippen LogP contribution in [-0.2, 0) is 13.0 Å². The van der Waals surface area contributed by atoms with Crippen LogP contribution < -0.4 is 15.9 Å². The largest absolute Gasteiger partial charge is 0.573 e. The summed E-state index contributed by atoms with van der Waals surface area (Å²) in [5.41, 5.74) is 4.23. The van der Waals surface area contributed by atoms with Crippen molar-refractivity contribution in [2.75, 3.05) is 0 Å². The zero-order chi connectivity index (χ0) is 13.1. The second-order valence-electron chi connectivity index (χ2n) is 3.05. The summed E-state index contributed by atoms with van der Waals surface area (Å²) >= 11 is 0. The van der Waals surface area contributed by atoms with Gasteiger partial charge >= 0.3 is 6.36 Å². The molecule has 0 aliphatic rings. The third kappa shape index (κ3) is 3.49. The smallest absolute Gasteiger partial charge is 0.400 e. The van der Waals surface area contributed by atoms with Gasteiger partial charge in [0.2, 0.25) is 5.43 Å². The first kappa shape index (κ1) is 13.1. The van der Waals surface area contributed by atoms with Crippen molar-refractivity contribution in [3.05, 3.63) is 27.7 Å². The van der Waals surface area contributed by atoms with Crippen LogP contribution in [0.2, 0.25) is 0 Å². The zero-order valence-electron chi connectivity index (χ0n) is 8.47. The Balaban J connectivity index is 3.23.